The van der Waals surface area contributed by atoms with Crippen LogP contribution < -0.4 is 4.90 Å². The highest BCUT2D eigenvalue weighted by atomic mass is 16.3. The third kappa shape index (κ3) is 5.04. The van der Waals surface area contributed by atoms with Gasteiger partial charge in [0.05, 0.1) is 5.69 Å². The van der Waals surface area contributed by atoms with Gasteiger partial charge in [0.15, 0.2) is 5.58 Å². The number of para-hydroxylation sites is 3. The number of hydrogen-bond acceptors (Lipinski definition) is 4. The topological polar surface area (TPSA) is 42.4 Å². The van der Waals surface area contributed by atoms with E-state index in [1.807, 2.05) is 36.4 Å². The molecular weight excluding hydrogens is 625 g/mol. The molecule has 240 valence electrons. The van der Waals surface area contributed by atoms with Crippen molar-refractivity contribution in [3.05, 3.63) is 182 Å². The maximum Gasteiger partial charge on any atom is 0.228 e. The predicted octanol–water partition coefficient (Wildman–Crippen LogP) is 13.4. The molecule has 8 aromatic carbocycles. The van der Waals surface area contributed by atoms with Crippen molar-refractivity contribution in [2.75, 3.05) is 4.90 Å². The first-order valence-corrected chi connectivity index (χ1v) is 17.1. The fourth-order valence-electron chi connectivity index (χ4n) is 7.27. The van der Waals surface area contributed by atoms with Crippen LogP contribution >= 0.6 is 0 Å². The molecule has 0 aliphatic heterocycles. The first-order chi connectivity index (χ1) is 25.3. The molecule has 2 heterocycles. The number of aromatic nitrogens is 1. The summed E-state index contributed by atoms with van der Waals surface area (Å²) in [7, 11) is 0. The highest BCUT2D eigenvalue weighted by Crippen LogP contribution is 2.45. The summed E-state index contributed by atoms with van der Waals surface area (Å²) in [4.78, 5) is 7.21. The number of oxazole rings is 1. The lowest BCUT2D eigenvalue weighted by molar-refractivity contribution is 0.620. The Labute approximate surface area is 294 Å². The molecule has 0 N–H and O–H groups in total. The van der Waals surface area contributed by atoms with E-state index in [2.05, 4.69) is 150 Å². The van der Waals surface area contributed by atoms with E-state index in [0.717, 1.165) is 72.4 Å². The van der Waals surface area contributed by atoms with Gasteiger partial charge in [-0.05, 0) is 94.2 Å². The molecule has 4 heteroatoms. The zero-order chi connectivity index (χ0) is 33.7. The van der Waals surface area contributed by atoms with E-state index in [1.54, 1.807) is 0 Å². The van der Waals surface area contributed by atoms with Gasteiger partial charge in [0, 0.05) is 33.3 Å². The van der Waals surface area contributed by atoms with Crippen molar-refractivity contribution >= 4 is 60.9 Å². The predicted molar refractivity (Wildman–Crippen MR) is 210 cm³/mol. The van der Waals surface area contributed by atoms with Crippen LogP contribution in [-0.4, -0.2) is 4.98 Å². The molecule has 0 spiro atoms. The van der Waals surface area contributed by atoms with Gasteiger partial charge in [0.2, 0.25) is 5.89 Å². The van der Waals surface area contributed by atoms with E-state index in [-0.39, 0.29) is 0 Å². The number of anilines is 3. The normalized spacial score (nSPS) is 11.5. The second-order valence-electron chi connectivity index (χ2n) is 12.8. The molecule has 10 rings (SSSR count). The van der Waals surface area contributed by atoms with Crippen LogP contribution in [0.2, 0.25) is 0 Å². The number of fused-ring (bicyclic) bond motifs is 5. The van der Waals surface area contributed by atoms with Gasteiger partial charge in [-0.3, -0.25) is 0 Å². The Kier molecular flexibility index (Phi) is 6.78. The molecule has 0 fully saturated rings. The van der Waals surface area contributed by atoms with Gasteiger partial charge in [-0.2, -0.15) is 0 Å². The van der Waals surface area contributed by atoms with Crippen LogP contribution in [0.3, 0.4) is 0 Å². The lowest BCUT2D eigenvalue weighted by Gasteiger charge is -2.28. The lowest BCUT2D eigenvalue weighted by Crippen LogP contribution is -2.11. The van der Waals surface area contributed by atoms with Crippen LogP contribution in [0.25, 0.3) is 77.5 Å². The number of hydrogen-bond donors (Lipinski definition) is 0. The minimum absolute atomic E-state index is 0.573. The molecule has 0 radical (unpaired) electrons. The maximum atomic E-state index is 6.45. The standard InChI is InChI=1S/C47H30N2O2/c1-2-13-32(14-3-1)38-18-6-8-21-42(38)49(36-17-10-16-34(29-36)35-25-24-31-12-4-5-15-33(31)28-35)37-26-27-43-40(30-37)46-39(19-11-23-45(46)50-43)47-48-41-20-7-9-22-44(41)51-47/h1-30H. The van der Waals surface area contributed by atoms with Gasteiger partial charge >= 0.3 is 0 Å². The second-order valence-corrected chi connectivity index (χ2v) is 12.8. The molecule has 0 atom stereocenters. The summed E-state index contributed by atoms with van der Waals surface area (Å²) in [5.41, 5.74) is 11.8. The van der Waals surface area contributed by atoms with Crippen molar-refractivity contribution in [1.29, 1.82) is 0 Å². The van der Waals surface area contributed by atoms with Crippen molar-refractivity contribution < 1.29 is 8.83 Å². The van der Waals surface area contributed by atoms with Crippen LogP contribution in [0, 0.1) is 0 Å². The fourth-order valence-corrected chi connectivity index (χ4v) is 7.27. The van der Waals surface area contributed by atoms with Gasteiger partial charge in [-0.1, -0.05) is 115 Å². The molecule has 51 heavy (non-hydrogen) atoms. The molecule has 2 aromatic heterocycles. The highest BCUT2D eigenvalue weighted by molar-refractivity contribution is 6.13. The summed E-state index contributed by atoms with van der Waals surface area (Å²) < 4.78 is 12.7. The average Bonchev–Trinajstić information content (AvgIpc) is 3.80. The Morgan fingerprint density at radius 2 is 1.12 bits per heavy atom. The summed E-state index contributed by atoms with van der Waals surface area (Å²) in [6.07, 6.45) is 0. The molecular formula is C47H30N2O2. The first kappa shape index (κ1) is 29.0. The summed E-state index contributed by atoms with van der Waals surface area (Å²) in [5, 5.41) is 4.42. The third-order valence-electron chi connectivity index (χ3n) is 9.68. The Bertz CT molecular complexity index is 2850. The van der Waals surface area contributed by atoms with E-state index in [4.69, 9.17) is 13.8 Å². The first-order valence-electron chi connectivity index (χ1n) is 17.1. The SMILES string of the molecule is c1ccc(-c2ccccc2N(c2cccc(-c3ccc4ccccc4c3)c2)c2ccc3oc4cccc(-c5nc6ccccc6o5)c4c3c2)cc1. The summed E-state index contributed by atoms with van der Waals surface area (Å²) in [5.74, 6) is 0.573. The Morgan fingerprint density at radius 3 is 2.04 bits per heavy atom. The lowest BCUT2D eigenvalue weighted by atomic mass is 9.99. The van der Waals surface area contributed by atoms with Gasteiger partial charge in [0.25, 0.3) is 0 Å². The summed E-state index contributed by atoms with van der Waals surface area (Å²) in [6.45, 7) is 0. The minimum Gasteiger partial charge on any atom is -0.456 e. The molecule has 0 saturated heterocycles. The van der Waals surface area contributed by atoms with Crippen molar-refractivity contribution in [2.45, 2.75) is 0 Å². The average molecular weight is 655 g/mol. The summed E-state index contributed by atoms with van der Waals surface area (Å²) in [6, 6.07) is 63.6. The largest absolute Gasteiger partial charge is 0.456 e. The smallest absolute Gasteiger partial charge is 0.228 e. The minimum atomic E-state index is 0.573. The van der Waals surface area contributed by atoms with Crippen LogP contribution in [0.1, 0.15) is 0 Å². The van der Waals surface area contributed by atoms with Crippen LogP contribution in [0.5, 0.6) is 0 Å². The Balaban J connectivity index is 1.19. The van der Waals surface area contributed by atoms with E-state index in [9.17, 15) is 0 Å². The highest BCUT2D eigenvalue weighted by Gasteiger charge is 2.21. The van der Waals surface area contributed by atoms with Crippen LogP contribution in [0.15, 0.2) is 191 Å². The van der Waals surface area contributed by atoms with Gasteiger partial charge in [-0.15, -0.1) is 0 Å². The molecule has 10 aromatic rings. The van der Waals surface area contributed by atoms with Gasteiger partial charge in [0.1, 0.15) is 16.7 Å². The quantitative estimate of drug-likeness (QED) is 0.179. The molecule has 0 saturated carbocycles. The fraction of sp³-hybridized carbons (Fsp3) is 0. The molecule has 4 nitrogen and oxygen atoms in total. The molecule has 0 aliphatic rings. The Morgan fingerprint density at radius 1 is 0.412 bits per heavy atom. The number of nitrogens with zero attached hydrogens (tertiary/aromatic N) is 2. The van der Waals surface area contributed by atoms with Crippen molar-refractivity contribution in [3.63, 3.8) is 0 Å². The molecule has 0 aliphatic carbocycles. The zero-order valence-corrected chi connectivity index (χ0v) is 27.5. The molecule has 0 unspecified atom stereocenters. The van der Waals surface area contributed by atoms with Crippen molar-refractivity contribution in [3.8, 4) is 33.7 Å². The molecule has 0 bridgehead atoms. The van der Waals surface area contributed by atoms with E-state index in [1.165, 1.54) is 16.3 Å². The second kappa shape index (κ2) is 11.9. The van der Waals surface area contributed by atoms with Gasteiger partial charge < -0.3 is 13.7 Å². The van der Waals surface area contributed by atoms with E-state index in [0.29, 0.717) is 5.89 Å². The van der Waals surface area contributed by atoms with E-state index >= 15 is 0 Å². The van der Waals surface area contributed by atoms with Crippen molar-refractivity contribution in [1.82, 2.24) is 4.98 Å². The summed E-state index contributed by atoms with van der Waals surface area (Å²) >= 11 is 0. The number of benzene rings is 8. The van der Waals surface area contributed by atoms with Gasteiger partial charge in [-0.25, -0.2) is 4.98 Å². The third-order valence-corrected chi connectivity index (χ3v) is 9.68. The van der Waals surface area contributed by atoms with Crippen LogP contribution in [0.4, 0.5) is 17.1 Å². The monoisotopic (exact) mass is 654 g/mol. The van der Waals surface area contributed by atoms with E-state index < -0.39 is 0 Å². The zero-order valence-electron chi connectivity index (χ0n) is 27.5. The maximum absolute atomic E-state index is 6.45. The molecule has 0 amide bonds. The Hall–Kier alpha value is -6.91. The number of furan rings is 1. The van der Waals surface area contributed by atoms with Crippen LogP contribution in [-0.2, 0) is 0 Å². The number of rotatable bonds is 6. The van der Waals surface area contributed by atoms with Crippen molar-refractivity contribution in [2.24, 2.45) is 0 Å².